The van der Waals surface area contributed by atoms with Crippen LogP contribution < -0.4 is 0 Å². The van der Waals surface area contributed by atoms with Crippen molar-refractivity contribution in [3.63, 3.8) is 0 Å². The SMILES string of the molecule is COC(=O)C(=C=C/C=C/[C@@H](O)CO)C(C)(C)C. The summed E-state index contributed by atoms with van der Waals surface area (Å²) in [5, 5.41) is 17.6. The quantitative estimate of drug-likeness (QED) is 0.335. The lowest BCUT2D eigenvalue weighted by Gasteiger charge is -2.18. The summed E-state index contributed by atoms with van der Waals surface area (Å²) in [6, 6.07) is 0. The zero-order valence-electron chi connectivity index (χ0n) is 10.7. The Morgan fingerprint density at radius 1 is 1.47 bits per heavy atom. The largest absolute Gasteiger partial charge is 0.465 e. The van der Waals surface area contributed by atoms with Crippen LogP contribution in [-0.4, -0.2) is 36.0 Å². The van der Waals surface area contributed by atoms with Gasteiger partial charge in [-0.1, -0.05) is 32.9 Å². The summed E-state index contributed by atoms with van der Waals surface area (Å²) in [5.41, 5.74) is 2.88. The van der Waals surface area contributed by atoms with E-state index in [2.05, 4.69) is 10.5 Å². The predicted molar refractivity (Wildman–Crippen MR) is 65.3 cm³/mol. The Balaban J connectivity index is 5.00. The van der Waals surface area contributed by atoms with Gasteiger partial charge in [-0.25, -0.2) is 4.79 Å². The molecule has 0 aliphatic carbocycles. The zero-order valence-corrected chi connectivity index (χ0v) is 10.7. The molecule has 0 saturated heterocycles. The first kappa shape index (κ1) is 15.7. The van der Waals surface area contributed by atoms with Gasteiger partial charge in [0.15, 0.2) is 0 Å². The molecule has 0 bridgehead atoms. The van der Waals surface area contributed by atoms with E-state index in [1.807, 2.05) is 20.8 Å². The van der Waals surface area contributed by atoms with Crippen LogP contribution in [0.4, 0.5) is 0 Å². The maximum Gasteiger partial charge on any atom is 0.342 e. The minimum atomic E-state index is -0.899. The second kappa shape index (κ2) is 7.07. The second-order valence-corrected chi connectivity index (χ2v) is 4.56. The van der Waals surface area contributed by atoms with Crippen molar-refractivity contribution < 1.29 is 19.7 Å². The molecule has 0 heterocycles. The molecule has 96 valence electrons. The molecule has 0 aliphatic rings. The minimum Gasteiger partial charge on any atom is -0.465 e. The molecule has 0 saturated carbocycles. The summed E-state index contributed by atoms with van der Waals surface area (Å²) in [6.07, 6.45) is 3.54. The number of aliphatic hydroxyl groups excluding tert-OH is 2. The zero-order chi connectivity index (χ0) is 13.5. The molecule has 4 nitrogen and oxygen atoms in total. The number of aliphatic hydroxyl groups is 2. The highest BCUT2D eigenvalue weighted by atomic mass is 16.5. The minimum absolute atomic E-state index is 0.336. The van der Waals surface area contributed by atoms with E-state index >= 15 is 0 Å². The van der Waals surface area contributed by atoms with Crippen molar-refractivity contribution in [2.75, 3.05) is 13.7 Å². The average molecular weight is 240 g/mol. The third kappa shape index (κ3) is 6.07. The van der Waals surface area contributed by atoms with Gasteiger partial charge in [0, 0.05) is 5.41 Å². The van der Waals surface area contributed by atoms with Crippen molar-refractivity contribution in [2.24, 2.45) is 5.41 Å². The van der Waals surface area contributed by atoms with Crippen LogP contribution in [0.3, 0.4) is 0 Å². The van der Waals surface area contributed by atoms with Gasteiger partial charge in [-0.3, -0.25) is 0 Å². The summed E-state index contributed by atoms with van der Waals surface area (Å²) >= 11 is 0. The standard InChI is InChI=1S/C13H20O4/c1-13(2,3)11(12(16)17-4)8-6-5-7-10(15)9-14/h5-7,10,14-15H,9H2,1-4H3/b7-5+/t8?,10-/m1/s1. The lowest BCUT2D eigenvalue weighted by atomic mass is 9.87. The summed E-state index contributed by atoms with van der Waals surface area (Å²) in [6.45, 7) is 5.31. The third-order valence-corrected chi connectivity index (χ3v) is 1.98. The van der Waals surface area contributed by atoms with Crippen LogP contribution >= 0.6 is 0 Å². The van der Waals surface area contributed by atoms with E-state index in [0.29, 0.717) is 5.57 Å². The number of hydrogen-bond donors (Lipinski definition) is 2. The number of esters is 1. The Morgan fingerprint density at radius 3 is 2.47 bits per heavy atom. The average Bonchev–Trinajstić information content (AvgIpc) is 2.25. The van der Waals surface area contributed by atoms with Gasteiger partial charge in [0.1, 0.15) is 0 Å². The molecule has 0 spiro atoms. The Bertz CT molecular complexity index is 341. The second-order valence-electron chi connectivity index (χ2n) is 4.56. The van der Waals surface area contributed by atoms with Crippen molar-refractivity contribution >= 4 is 5.97 Å². The topological polar surface area (TPSA) is 66.8 Å². The Labute approximate surface area is 102 Å². The summed E-state index contributed by atoms with van der Waals surface area (Å²) in [7, 11) is 1.32. The molecule has 0 unspecified atom stereocenters. The first-order valence-electron chi connectivity index (χ1n) is 5.34. The molecule has 0 aromatic heterocycles. The van der Waals surface area contributed by atoms with E-state index < -0.39 is 12.1 Å². The number of allylic oxidation sites excluding steroid dienone is 1. The fourth-order valence-electron chi connectivity index (χ4n) is 1.06. The Kier molecular flexibility index (Phi) is 6.51. The molecule has 0 aromatic rings. The molecular formula is C13H20O4. The molecule has 0 rings (SSSR count). The monoisotopic (exact) mass is 240 g/mol. The van der Waals surface area contributed by atoms with Gasteiger partial charge < -0.3 is 14.9 Å². The number of hydrogen-bond acceptors (Lipinski definition) is 4. The van der Waals surface area contributed by atoms with Gasteiger partial charge in [-0.2, -0.15) is 0 Å². The van der Waals surface area contributed by atoms with Crippen molar-refractivity contribution in [3.05, 3.63) is 29.5 Å². The van der Waals surface area contributed by atoms with E-state index in [9.17, 15) is 4.79 Å². The van der Waals surface area contributed by atoms with Gasteiger partial charge in [0.05, 0.1) is 25.4 Å². The van der Waals surface area contributed by atoms with Crippen LogP contribution in [0.15, 0.2) is 29.5 Å². The molecule has 1 atom stereocenters. The predicted octanol–water partition coefficient (Wildman–Crippen LogP) is 1.20. The maximum absolute atomic E-state index is 11.5. The number of carbonyl (C=O) groups excluding carboxylic acids is 1. The molecule has 2 N–H and O–H groups in total. The highest BCUT2D eigenvalue weighted by Crippen LogP contribution is 2.24. The van der Waals surface area contributed by atoms with E-state index in [1.165, 1.54) is 25.3 Å². The lowest BCUT2D eigenvalue weighted by molar-refractivity contribution is -0.137. The smallest absolute Gasteiger partial charge is 0.342 e. The number of carbonyl (C=O) groups is 1. The summed E-state index contributed by atoms with van der Waals surface area (Å²) in [5.74, 6) is -0.426. The molecular weight excluding hydrogens is 220 g/mol. The number of ether oxygens (including phenoxy) is 1. The van der Waals surface area contributed by atoms with Gasteiger partial charge >= 0.3 is 5.97 Å². The summed E-state index contributed by atoms with van der Waals surface area (Å²) in [4.78, 5) is 11.5. The van der Waals surface area contributed by atoms with Crippen LogP contribution in [0.1, 0.15) is 20.8 Å². The Morgan fingerprint density at radius 2 is 2.06 bits per heavy atom. The van der Waals surface area contributed by atoms with Crippen LogP contribution in [0.2, 0.25) is 0 Å². The van der Waals surface area contributed by atoms with Crippen LogP contribution in [0.25, 0.3) is 0 Å². The highest BCUT2D eigenvalue weighted by Gasteiger charge is 2.23. The Hall–Kier alpha value is -1.35. The van der Waals surface area contributed by atoms with Crippen LogP contribution in [-0.2, 0) is 9.53 Å². The molecule has 0 aliphatic heterocycles. The highest BCUT2D eigenvalue weighted by molar-refractivity contribution is 5.89. The van der Waals surface area contributed by atoms with Crippen LogP contribution in [0.5, 0.6) is 0 Å². The van der Waals surface area contributed by atoms with E-state index in [1.54, 1.807) is 0 Å². The first-order valence-corrected chi connectivity index (χ1v) is 5.34. The lowest BCUT2D eigenvalue weighted by Crippen LogP contribution is -2.18. The summed E-state index contributed by atoms with van der Waals surface area (Å²) < 4.78 is 4.67. The van der Waals surface area contributed by atoms with Crippen molar-refractivity contribution in [3.8, 4) is 0 Å². The molecule has 0 radical (unpaired) electrons. The first-order chi connectivity index (χ1) is 7.82. The van der Waals surface area contributed by atoms with Crippen molar-refractivity contribution in [2.45, 2.75) is 26.9 Å². The van der Waals surface area contributed by atoms with Gasteiger partial charge in [-0.15, -0.1) is 5.73 Å². The molecule has 4 heteroatoms. The molecule has 17 heavy (non-hydrogen) atoms. The van der Waals surface area contributed by atoms with Gasteiger partial charge in [0.25, 0.3) is 0 Å². The van der Waals surface area contributed by atoms with E-state index in [-0.39, 0.29) is 12.0 Å². The van der Waals surface area contributed by atoms with E-state index in [4.69, 9.17) is 10.2 Å². The third-order valence-electron chi connectivity index (χ3n) is 1.98. The number of methoxy groups -OCH3 is 1. The van der Waals surface area contributed by atoms with Gasteiger partial charge in [-0.05, 0) is 6.08 Å². The van der Waals surface area contributed by atoms with Gasteiger partial charge in [0.2, 0.25) is 0 Å². The van der Waals surface area contributed by atoms with Crippen molar-refractivity contribution in [1.82, 2.24) is 0 Å². The number of rotatable bonds is 4. The fourth-order valence-corrected chi connectivity index (χ4v) is 1.06. The normalized spacial score (nSPS) is 13.1. The van der Waals surface area contributed by atoms with E-state index in [0.717, 1.165) is 0 Å². The molecule has 0 amide bonds. The van der Waals surface area contributed by atoms with Crippen LogP contribution in [0, 0.1) is 5.41 Å². The van der Waals surface area contributed by atoms with Crippen molar-refractivity contribution in [1.29, 1.82) is 0 Å². The molecule has 0 aromatic carbocycles. The fraction of sp³-hybridized carbons (Fsp3) is 0.538. The molecule has 0 fully saturated rings. The maximum atomic E-state index is 11.5.